The monoisotopic (exact) mass is 229 g/mol. The lowest BCUT2D eigenvalue weighted by Gasteiger charge is -2.12. The van der Waals surface area contributed by atoms with Gasteiger partial charge >= 0.3 is 0 Å². The summed E-state index contributed by atoms with van der Waals surface area (Å²) in [5.74, 6) is 6.60. The van der Waals surface area contributed by atoms with Crippen LogP contribution >= 0.6 is 11.8 Å². The average Bonchev–Trinajstić information content (AvgIpc) is 2.28. The maximum Gasteiger partial charge on any atom is 0.133 e. The lowest BCUT2D eigenvalue weighted by molar-refractivity contribution is 0.122. The standard InChI is InChI=1S/C10H15NO3S/c1-12-8-5-10(15-3)9(13-2)4-7(8)6-14-11/h4-5H,6,11H2,1-3H3. The molecule has 5 heteroatoms. The van der Waals surface area contributed by atoms with E-state index >= 15 is 0 Å². The Morgan fingerprint density at radius 1 is 1.20 bits per heavy atom. The highest BCUT2D eigenvalue weighted by Crippen LogP contribution is 2.34. The zero-order valence-electron chi connectivity index (χ0n) is 9.07. The maximum absolute atomic E-state index is 5.25. The number of hydrogen-bond acceptors (Lipinski definition) is 5. The van der Waals surface area contributed by atoms with Crippen LogP contribution in [0.15, 0.2) is 17.0 Å². The molecule has 0 atom stereocenters. The Labute approximate surface area is 93.6 Å². The molecule has 0 saturated carbocycles. The molecule has 1 aromatic carbocycles. The van der Waals surface area contributed by atoms with Gasteiger partial charge in [-0.25, -0.2) is 5.90 Å². The first-order valence-electron chi connectivity index (χ1n) is 4.37. The normalized spacial score (nSPS) is 10.1. The fraction of sp³-hybridized carbons (Fsp3) is 0.400. The van der Waals surface area contributed by atoms with Crippen molar-refractivity contribution in [1.82, 2.24) is 0 Å². The summed E-state index contributed by atoms with van der Waals surface area (Å²) in [4.78, 5) is 5.62. The van der Waals surface area contributed by atoms with E-state index in [2.05, 4.69) is 4.84 Å². The van der Waals surface area contributed by atoms with Crippen molar-refractivity contribution in [1.29, 1.82) is 0 Å². The summed E-state index contributed by atoms with van der Waals surface area (Å²) in [7, 11) is 3.25. The van der Waals surface area contributed by atoms with Crippen molar-refractivity contribution in [3.8, 4) is 11.5 Å². The molecule has 0 amide bonds. The Morgan fingerprint density at radius 3 is 2.33 bits per heavy atom. The molecular formula is C10H15NO3S. The molecule has 0 aliphatic carbocycles. The second-order valence-corrected chi connectivity index (χ2v) is 3.68. The van der Waals surface area contributed by atoms with Crippen molar-refractivity contribution in [2.75, 3.05) is 20.5 Å². The predicted octanol–water partition coefficient (Wildman–Crippen LogP) is 1.82. The molecule has 1 rings (SSSR count). The van der Waals surface area contributed by atoms with Crippen LogP contribution < -0.4 is 15.4 Å². The number of benzene rings is 1. The van der Waals surface area contributed by atoms with E-state index in [-0.39, 0.29) is 0 Å². The molecular weight excluding hydrogens is 214 g/mol. The van der Waals surface area contributed by atoms with Crippen LogP contribution in [0.5, 0.6) is 11.5 Å². The fourth-order valence-electron chi connectivity index (χ4n) is 1.30. The quantitative estimate of drug-likeness (QED) is 0.616. The van der Waals surface area contributed by atoms with Gasteiger partial charge in [0.15, 0.2) is 0 Å². The highest BCUT2D eigenvalue weighted by molar-refractivity contribution is 7.98. The molecule has 0 aromatic heterocycles. The smallest absolute Gasteiger partial charge is 0.133 e. The Bertz CT molecular complexity index is 331. The third-order valence-corrected chi connectivity index (χ3v) is 2.78. The van der Waals surface area contributed by atoms with E-state index in [1.807, 2.05) is 18.4 Å². The van der Waals surface area contributed by atoms with Gasteiger partial charge in [-0.1, -0.05) is 0 Å². The van der Waals surface area contributed by atoms with Gasteiger partial charge in [0.25, 0.3) is 0 Å². The van der Waals surface area contributed by atoms with Gasteiger partial charge in [-0.05, 0) is 18.4 Å². The topological polar surface area (TPSA) is 53.7 Å². The molecule has 84 valence electrons. The zero-order chi connectivity index (χ0) is 11.3. The van der Waals surface area contributed by atoms with Gasteiger partial charge in [-0.15, -0.1) is 11.8 Å². The van der Waals surface area contributed by atoms with E-state index in [1.165, 1.54) is 0 Å². The highest BCUT2D eigenvalue weighted by atomic mass is 32.2. The fourth-order valence-corrected chi connectivity index (χ4v) is 1.86. The first kappa shape index (κ1) is 12.2. The maximum atomic E-state index is 5.25. The van der Waals surface area contributed by atoms with E-state index in [0.29, 0.717) is 6.61 Å². The lowest BCUT2D eigenvalue weighted by atomic mass is 10.2. The summed E-state index contributed by atoms with van der Waals surface area (Å²) in [6.45, 7) is 0.300. The van der Waals surface area contributed by atoms with Crippen LogP contribution in [-0.2, 0) is 11.4 Å². The molecule has 2 N–H and O–H groups in total. The summed E-state index contributed by atoms with van der Waals surface area (Å²) in [5.41, 5.74) is 0.870. The third-order valence-electron chi connectivity index (χ3n) is 2.03. The minimum absolute atomic E-state index is 0.300. The minimum atomic E-state index is 0.300. The molecule has 15 heavy (non-hydrogen) atoms. The molecule has 0 radical (unpaired) electrons. The second kappa shape index (κ2) is 5.85. The summed E-state index contributed by atoms with van der Waals surface area (Å²) < 4.78 is 10.5. The second-order valence-electron chi connectivity index (χ2n) is 2.83. The molecule has 0 aliphatic heterocycles. The van der Waals surface area contributed by atoms with Crippen molar-refractivity contribution in [3.63, 3.8) is 0 Å². The van der Waals surface area contributed by atoms with Gasteiger partial charge in [0.05, 0.1) is 25.7 Å². The Hall–Kier alpha value is -0.910. The van der Waals surface area contributed by atoms with Crippen molar-refractivity contribution in [2.24, 2.45) is 5.90 Å². The van der Waals surface area contributed by atoms with Gasteiger partial charge in [0, 0.05) is 5.56 Å². The Kier molecular flexibility index (Phi) is 4.74. The number of hydrogen-bond donors (Lipinski definition) is 1. The van der Waals surface area contributed by atoms with Crippen LogP contribution in [0.25, 0.3) is 0 Å². The lowest BCUT2D eigenvalue weighted by Crippen LogP contribution is -2.02. The van der Waals surface area contributed by atoms with Crippen molar-refractivity contribution in [2.45, 2.75) is 11.5 Å². The van der Waals surface area contributed by atoms with E-state index < -0.39 is 0 Å². The van der Waals surface area contributed by atoms with Gasteiger partial charge in [0.1, 0.15) is 11.5 Å². The van der Waals surface area contributed by atoms with E-state index in [9.17, 15) is 0 Å². The molecule has 1 aromatic rings. The molecule has 0 unspecified atom stereocenters. The van der Waals surface area contributed by atoms with Crippen LogP contribution in [0.3, 0.4) is 0 Å². The van der Waals surface area contributed by atoms with Crippen LogP contribution in [-0.4, -0.2) is 20.5 Å². The minimum Gasteiger partial charge on any atom is -0.496 e. The number of ether oxygens (including phenoxy) is 2. The molecule has 0 fully saturated rings. The zero-order valence-corrected chi connectivity index (χ0v) is 9.89. The first-order chi connectivity index (χ1) is 7.26. The van der Waals surface area contributed by atoms with Gasteiger partial charge < -0.3 is 9.47 Å². The highest BCUT2D eigenvalue weighted by Gasteiger charge is 2.10. The molecule has 0 aliphatic rings. The van der Waals surface area contributed by atoms with Crippen molar-refractivity contribution < 1.29 is 14.3 Å². The van der Waals surface area contributed by atoms with Crippen molar-refractivity contribution >= 4 is 11.8 Å². The average molecular weight is 229 g/mol. The molecule has 0 bridgehead atoms. The Balaban J connectivity index is 3.15. The van der Waals surface area contributed by atoms with Crippen molar-refractivity contribution in [3.05, 3.63) is 17.7 Å². The summed E-state index contributed by atoms with van der Waals surface area (Å²) in [6, 6.07) is 3.79. The SMILES string of the molecule is COc1cc(SC)c(OC)cc1CON. The predicted molar refractivity (Wildman–Crippen MR) is 60.3 cm³/mol. The number of rotatable bonds is 5. The molecule has 0 saturated heterocycles. The van der Waals surface area contributed by atoms with Gasteiger partial charge in [0.2, 0.25) is 0 Å². The number of nitrogens with two attached hydrogens (primary N) is 1. The van der Waals surface area contributed by atoms with Crippen LogP contribution in [0.4, 0.5) is 0 Å². The number of methoxy groups -OCH3 is 2. The van der Waals surface area contributed by atoms with E-state index in [0.717, 1.165) is 22.0 Å². The molecule has 0 heterocycles. The van der Waals surface area contributed by atoms with Crippen LogP contribution in [0, 0.1) is 0 Å². The first-order valence-corrected chi connectivity index (χ1v) is 5.59. The summed E-state index contributed by atoms with van der Waals surface area (Å²) in [5, 5.41) is 0. The van der Waals surface area contributed by atoms with E-state index in [1.54, 1.807) is 26.0 Å². The number of thioether (sulfide) groups is 1. The van der Waals surface area contributed by atoms with Crippen LogP contribution in [0.1, 0.15) is 5.56 Å². The molecule has 0 spiro atoms. The van der Waals surface area contributed by atoms with Gasteiger partial charge in [-0.3, -0.25) is 4.84 Å². The summed E-state index contributed by atoms with van der Waals surface area (Å²) in [6.07, 6.45) is 1.98. The van der Waals surface area contributed by atoms with Gasteiger partial charge in [-0.2, -0.15) is 0 Å². The van der Waals surface area contributed by atoms with Crippen LogP contribution in [0.2, 0.25) is 0 Å². The van der Waals surface area contributed by atoms with E-state index in [4.69, 9.17) is 15.4 Å². The Morgan fingerprint density at radius 2 is 1.87 bits per heavy atom. The molecule has 4 nitrogen and oxygen atoms in total. The summed E-state index contributed by atoms with van der Waals surface area (Å²) >= 11 is 1.60. The largest absolute Gasteiger partial charge is 0.496 e. The third kappa shape index (κ3) is 2.77.